The molecule has 314 valence electrons. The maximum absolute atomic E-state index is 14.0. The summed E-state index contributed by atoms with van der Waals surface area (Å²) < 4.78 is 7.02. The zero-order valence-corrected chi connectivity index (χ0v) is 34.7. The van der Waals surface area contributed by atoms with E-state index in [4.69, 9.17) is 4.74 Å². The van der Waals surface area contributed by atoms with Gasteiger partial charge < -0.3 is 34.6 Å². The normalized spacial score (nSPS) is 19.3. The number of hydrogen-bond donors (Lipinski definition) is 4. The molecule has 4 N–H and O–H groups in total. The molecule has 3 fully saturated rings. The van der Waals surface area contributed by atoms with E-state index < -0.39 is 13.2 Å². The number of rotatable bonds is 12. The van der Waals surface area contributed by atoms with E-state index in [1.807, 2.05) is 18.2 Å². The van der Waals surface area contributed by atoms with Crippen molar-refractivity contribution in [2.45, 2.75) is 57.0 Å². The van der Waals surface area contributed by atoms with E-state index >= 15 is 0 Å². The van der Waals surface area contributed by atoms with Gasteiger partial charge in [-0.15, -0.1) is 11.3 Å². The van der Waals surface area contributed by atoms with E-state index in [1.165, 1.54) is 16.9 Å². The molecule has 5 heterocycles. The van der Waals surface area contributed by atoms with E-state index in [2.05, 4.69) is 27.2 Å². The summed E-state index contributed by atoms with van der Waals surface area (Å²) >= 11 is 1.41. The molecule has 4 aliphatic rings. The fourth-order valence-electron chi connectivity index (χ4n) is 9.38. The van der Waals surface area contributed by atoms with Crippen molar-refractivity contribution in [3.8, 4) is 21.9 Å². The highest BCUT2D eigenvalue weighted by Gasteiger charge is 2.39. The highest BCUT2D eigenvalue weighted by molar-refractivity contribution is 7.22. The Morgan fingerprint density at radius 1 is 0.820 bits per heavy atom. The number of phenolic OH excluding ortho intramolecular Hbond substituents is 1. The molecule has 3 saturated heterocycles. The van der Waals surface area contributed by atoms with Gasteiger partial charge in [0.25, 0.3) is 5.91 Å². The number of nitrogens with zero attached hydrogens (tertiary/aromatic N) is 3. The standard InChI is InChI=1S/C47H49BN4O8S/c53-36-8-12-39-41(26-36)61-45(32-1-6-35(7-2-32)48(58)59)43(39)44(55)31-3-9-37(10-4-31)60-28-29-15-19-50(20-16-29)23-24-51-21-17-30(18-22-51)33-5-11-38-34(25-33)27-52(47(38)57)40-13-14-42(54)49-46(40)56/h1-12,25-26,29-30,40,53,58-59H,13-24,27-28H2,(H,49,54,56). The number of benzene rings is 4. The van der Waals surface area contributed by atoms with Crippen molar-refractivity contribution < 1.29 is 39.1 Å². The fraction of sp³-hybridized carbons (Fsp3) is 0.362. The lowest BCUT2D eigenvalue weighted by Gasteiger charge is -2.36. The van der Waals surface area contributed by atoms with Crippen molar-refractivity contribution in [3.05, 3.63) is 113 Å². The van der Waals surface area contributed by atoms with Crippen LogP contribution in [-0.2, 0) is 16.1 Å². The van der Waals surface area contributed by atoms with Crippen molar-refractivity contribution in [3.63, 3.8) is 0 Å². The van der Waals surface area contributed by atoms with Crippen molar-refractivity contribution in [2.24, 2.45) is 5.92 Å². The maximum Gasteiger partial charge on any atom is 0.488 e. The summed E-state index contributed by atoms with van der Waals surface area (Å²) in [5.41, 5.74) is 5.11. The molecule has 0 bridgehead atoms. The lowest BCUT2D eigenvalue weighted by molar-refractivity contribution is -0.136. The Balaban J connectivity index is 0.722. The van der Waals surface area contributed by atoms with Crippen LogP contribution in [0.5, 0.6) is 11.5 Å². The molecule has 9 rings (SSSR count). The maximum atomic E-state index is 14.0. The molecule has 1 aromatic heterocycles. The second-order valence-corrected chi connectivity index (χ2v) is 17.9. The molecule has 4 aromatic carbocycles. The number of hydrogen-bond acceptors (Lipinski definition) is 11. The first-order valence-corrected chi connectivity index (χ1v) is 22.1. The first kappa shape index (κ1) is 41.0. The molecule has 0 aliphatic carbocycles. The smallest absolute Gasteiger partial charge is 0.488 e. The van der Waals surface area contributed by atoms with Crippen LogP contribution in [0.4, 0.5) is 0 Å². The first-order chi connectivity index (χ1) is 29.6. The van der Waals surface area contributed by atoms with E-state index in [-0.39, 0.29) is 35.7 Å². The predicted octanol–water partition coefficient (Wildman–Crippen LogP) is 4.92. The average Bonchev–Trinajstić information content (AvgIpc) is 3.82. The van der Waals surface area contributed by atoms with Crippen LogP contribution < -0.4 is 15.5 Å². The largest absolute Gasteiger partial charge is 0.508 e. The minimum absolute atomic E-state index is 0.122. The molecular weight excluding hydrogens is 791 g/mol. The van der Waals surface area contributed by atoms with Crippen LogP contribution in [0.3, 0.4) is 0 Å². The van der Waals surface area contributed by atoms with Crippen LogP contribution in [-0.4, -0.2) is 112 Å². The lowest BCUT2D eigenvalue weighted by Crippen LogP contribution is -2.52. The molecule has 4 aliphatic heterocycles. The van der Waals surface area contributed by atoms with Gasteiger partial charge in [0.1, 0.15) is 17.5 Å². The summed E-state index contributed by atoms with van der Waals surface area (Å²) in [6, 6.07) is 24.7. The summed E-state index contributed by atoms with van der Waals surface area (Å²) in [6.45, 7) is 7.29. The molecule has 1 unspecified atom stereocenters. The highest BCUT2D eigenvalue weighted by Crippen LogP contribution is 2.41. The number of ketones is 1. The Bertz CT molecular complexity index is 2460. The van der Waals surface area contributed by atoms with E-state index in [1.54, 1.807) is 59.5 Å². The fourth-order valence-corrected chi connectivity index (χ4v) is 10.6. The summed E-state index contributed by atoms with van der Waals surface area (Å²) in [6.07, 6.45) is 4.91. The number of fused-ring (bicyclic) bond motifs is 2. The third kappa shape index (κ3) is 8.73. The molecule has 0 radical (unpaired) electrons. The first-order valence-electron chi connectivity index (χ1n) is 21.3. The molecule has 5 aromatic rings. The minimum Gasteiger partial charge on any atom is -0.508 e. The summed E-state index contributed by atoms with van der Waals surface area (Å²) in [5, 5.41) is 32.4. The molecular formula is C47H49BN4O8S. The number of nitrogens with one attached hydrogen (secondary N) is 1. The average molecular weight is 841 g/mol. The number of phenols is 1. The van der Waals surface area contributed by atoms with Gasteiger partial charge in [0.2, 0.25) is 11.8 Å². The Hall–Kier alpha value is -5.38. The number of amides is 3. The Kier molecular flexibility index (Phi) is 11.8. The van der Waals surface area contributed by atoms with Crippen LogP contribution in [0.25, 0.3) is 20.5 Å². The number of ether oxygens (including phenoxy) is 1. The Labute approximate surface area is 358 Å². The van der Waals surface area contributed by atoms with Gasteiger partial charge in [-0.05, 0) is 141 Å². The summed E-state index contributed by atoms with van der Waals surface area (Å²) in [4.78, 5) is 58.8. The lowest BCUT2D eigenvalue weighted by atomic mass is 9.80. The predicted molar refractivity (Wildman–Crippen MR) is 234 cm³/mol. The zero-order chi connectivity index (χ0) is 42.2. The summed E-state index contributed by atoms with van der Waals surface area (Å²) in [5.74, 6) is 0.829. The van der Waals surface area contributed by atoms with Crippen molar-refractivity contribution >= 4 is 57.5 Å². The van der Waals surface area contributed by atoms with Crippen molar-refractivity contribution in [1.82, 2.24) is 20.0 Å². The number of likely N-dealkylation sites (tertiary alicyclic amines) is 2. The van der Waals surface area contributed by atoms with Crippen molar-refractivity contribution in [1.29, 1.82) is 0 Å². The molecule has 12 nitrogen and oxygen atoms in total. The molecule has 0 saturated carbocycles. The quantitative estimate of drug-likeness (QED) is 0.0773. The Morgan fingerprint density at radius 2 is 1.52 bits per heavy atom. The van der Waals surface area contributed by atoms with Gasteiger partial charge in [0, 0.05) is 57.7 Å². The van der Waals surface area contributed by atoms with Gasteiger partial charge >= 0.3 is 7.12 Å². The molecule has 0 spiro atoms. The molecule has 61 heavy (non-hydrogen) atoms. The van der Waals surface area contributed by atoms with Crippen molar-refractivity contribution in [2.75, 3.05) is 45.9 Å². The minimum atomic E-state index is -1.58. The van der Waals surface area contributed by atoms with Crippen LogP contribution in [0.1, 0.15) is 81.8 Å². The SMILES string of the molecule is O=C1CCC(N2Cc3cc(C4CCN(CCN5CCC(COc6ccc(C(=O)c7c(-c8ccc(B(O)O)cc8)sc8cc(O)ccc78)cc6)CC5)CC4)ccc3C2=O)C(=O)N1. The van der Waals surface area contributed by atoms with E-state index in [0.717, 1.165) is 96.8 Å². The van der Waals surface area contributed by atoms with Gasteiger partial charge in [-0.25, -0.2) is 0 Å². The number of thiophene rings is 1. The van der Waals surface area contributed by atoms with Crippen LogP contribution in [0.2, 0.25) is 0 Å². The third-order valence-corrected chi connectivity index (χ3v) is 14.2. The van der Waals surface area contributed by atoms with Gasteiger partial charge in [0.15, 0.2) is 5.78 Å². The molecule has 1 atom stereocenters. The second-order valence-electron chi connectivity index (χ2n) is 16.9. The number of carbonyl (C=O) groups is 4. The number of aromatic hydroxyl groups is 1. The highest BCUT2D eigenvalue weighted by atomic mass is 32.1. The zero-order valence-electron chi connectivity index (χ0n) is 33.9. The van der Waals surface area contributed by atoms with Gasteiger partial charge in [-0.2, -0.15) is 0 Å². The van der Waals surface area contributed by atoms with E-state index in [9.17, 15) is 34.3 Å². The Morgan fingerprint density at radius 3 is 2.21 bits per heavy atom. The second kappa shape index (κ2) is 17.5. The number of imide groups is 1. The third-order valence-electron chi connectivity index (χ3n) is 13.0. The van der Waals surface area contributed by atoms with Crippen LogP contribution >= 0.6 is 11.3 Å². The van der Waals surface area contributed by atoms with Gasteiger partial charge in [-0.1, -0.05) is 36.4 Å². The number of piperidine rings is 3. The summed E-state index contributed by atoms with van der Waals surface area (Å²) in [7, 11) is -1.58. The van der Waals surface area contributed by atoms with Gasteiger partial charge in [-0.3, -0.25) is 24.5 Å². The monoisotopic (exact) mass is 840 g/mol. The number of carbonyl (C=O) groups excluding carboxylic acids is 4. The molecule has 14 heteroatoms. The van der Waals surface area contributed by atoms with Gasteiger partial charge in [0.05, 0.1) is 6.61 Å². The topological polar surface area (TPSA) is 160 Å². The van der Waals surface area contributed by atoms with Crippen LogP contribution in [0.15, 0.2) is 84.9 Å². The van der Waals surface area contributed by atoms with E-state index in [0.29, 0.717) is 53.6 Å². The molecule has 3 amide bonds. The van der Waals surface area contributed by atoms with Crippen LogP contribution in [0, 0.1) is 5.92 Å².